The number of aliphatic carboxylic acids is 1. The van der Waals surface area contributed by atoms with E-state index in [0.29, 0.717) is 23.3 Å². The van der Waals surface area contributed by atoms with E-state index in [-0.39, 0.29) is 25.0 Å². The van der Waals surface area contributed by atoms with Crippen LogP contribution in [0.2, 0.25) is 0 Å². The zero-order chi connectivity index (χ0) is 17.1. The normalized spacial score (nSPS) is 17.3. The van der Waals surface area contributed by atoms with Crippen molar-refractivity contribution in [3.05, 3.63) is 34.4 Å². The topological polar surface area (TPSA) is 82.6 Å². The summed E-state index contributed by atoms with van der Waals surface area (Å²) in [5.41, 5.74) is 1.31. The number of hydrogen-bond donors (Lipinski definition) is 2. The van der Waals surface area contributed by atoms with Gasteiger partial charge < -0.3 is 19.7 Å². The predicted octanol–water partition coefficient (Wildman–Crippen LogP) is 3.03. The number of carboxylic acid groups (broad SMARTS) is 1. The van der Waals surface area contributed by atoms with Gasteiger partial charge in [-0.2, -0.15) is 0 Å². The van der Waals surface area contributed by atoms with Gasteiger partial charge in [0, 0.05) is 30.6 Å². The lowest BCUT2D eigenvalue weighted by atomic mass is 10.2. The molecule has 24 heavy (non-hydrogen) atoms. The molecular formula is C17H19BrN2O4. The van der Waals surface area contributed by atoms with Crippen LogP contribution in [0.1, 0.15) is 29.8 Å². The molecule has 1 aliphatic heterocycles. The van der Waals surface area contributed by atoms with Gasteiger partial charge in [-0.1, -0.05) is 18.2 Å². The third-order valence-corrected chi connectivity index (χ3v) is 5.01. The first kappa shape index (κ1) is 17.0. The minimum atomic E-state index is -0.921. The van der Waals surface area contributed by atoms with Gasteiger partial charge in [0.15, 0.2) is 0 Å². The van der Waals surface area contributed by atoms with Crippen molar-refractivity contribution in [3.63, 3.8) is 0 Å². The van der Waals surface area contributed by atoms with E-state index >= 15 is 0 Å². The molecule has 0 bridgehead atoms. The molecule has 1 saturated heterocycles. The fourth-order valence-corrected chi connectivity index (χ4v) is 3.57. The first-order valence-corrected chi connectivity index (χ1v) is 8.74. The molecule has 0 aliphatic carbocycles. The summed E-state index contributed by atoms with van der Waals surface area (Å²) in [6.45, 7) is 1.27. The molecule has 1 fully saturated rings. The van der Waals surface area contributed by atoms with Crippen molar-refractivity contribution in [1.29, 1.82) is 0 Å². The maximum absolute atomic E-state index is 13.0. The highest BCUT2D eigenvalue weighted by molar-refractivity contribution is 9.10. The average molecular weight is 395 g/mol. The van der Waals surface area contributed by atoms with Crippen molar-refractivity contribution in [1.82, 2.24) is 9.88 Å². The minimum Gasteiger partial charge on any atom is -0.481 e. The Morgan fingerprint density at radius 1 is 1.38 bits per heavy atom. The van der Waals surface area contributed by atoms with Crippen LogP contribution in [0.15, 0.2) is 28.7 Å². The fraction of sp³-hybridized carbons (Fsp3) is 0.412. The molecule has 2 heterocycles. The maximum Gasteiger partial charge on any atom is 0.305 e. The number of hydrogen-bond acceptors (Lipinski definition) is 3. The zero-order valence-corrected chi connectivity index (χ0v) is 14.7. The number of halogens is 1. The Kier molecular flexibility index (Phi) is 5.20. The summed E-state index contributed by atoms with van der Waals surface area (Å²) >= 11 is 3.49. The molecule has 0 saturated carbocycles. The van der Waals surface area contributed by atoms with Crippen molar-refractivity contribution in [3.8, 4) is 0 Å². The first-order valence-electron chi connectivity index (χ1n) is 7.95. The summed E-state index contributed by atoms with van der Waals surface area (Å²) in [4.78, 5) is 28.6. The van der Waals surface area contributed by atoms with Crippen LogP contribution in [0.4, 0.5) is 0 Å². The Morgan fingerprint density at radius 3 is 2.83 bits per heavy atom. The fourth-order valence-electron chi connectivity index (χ4n) is 2.95. The molecule has 1 atom stereocenters. The van der Waals surface area contributed by atoms with Gasteiger partial charge in [-0.25, -0.2) is 0 Å². The Labute approximate surface area is 147 Å². The van der Waals surface area contributed by atoms with Gasteiger partial charge in [-0.05, 0) is 34.8 Å². The number of aromatic nitrogens is 1. The van der Waals surface area contributed by atoms with E-state index in [4.69, 9.17) is 9.84 Å². The monoisotopic (exact) mass is 394 g/mol. The largest absolute Gasteiger partial charge is 0.481 e. The van der Waals surface area contributed by atoms with E-state index in [1.165, 1.54) is 0 Å². The smallest absolute Gasteiger partial charge is 0.305 e. The van der Waals surface area contributed by atoms with Gasteiger partial charge in [0.2, 0.25) is 0 Å². The van der Waals surface area contributed by atoms with Gasteiger partial charge in [-0.3, -0.25) is 9.59 Å². The van der Waals surface area contributed by atoms with Gasteiger partial charge in [0.25, 0.3) is 5.91 Å². The molecular weight excluding hydrogens is 376 g/mol. The molecule has 128 valence electrons. The Hall–Kier alpha value is -1.86. The summed E-state index contributed by atoms with van der Waals surface area (Å²) in [5, 5.41) is 9.89. The molecule has 0 radical (unpaired) electrons. The molecule has 3 rings (SSSR count). The van der Waals surface area contributed by atoms with E-state index < -0.39 is 5.97 Å². The number of fused-ring (bicyclic) bond motifs is 1. The predicted molar refractivity (Wildman–Crippen MR) is 93.1 cm³/mol. The number of amides is 1. The number of H-pyrrole nitrogens is 1. The second-order valence-electron chi connectivity index (χ2n) is 5.89. The van der Waals surface area contributed by atoms with Crippen LogP contribution in [0, 0.1) is 0 Å². The molecule has 1 aromatic heterocycles. The molecule has 0 spiro atoms. The lowest BCUT2D eigenvalue weighted by Crippen LogP contribution is -2.39. The van der Waals surface area contributed by atoms with Gasteiger partial charge >= 0.3 is 5.97 Å². The van der Waals surface area contributed by atoms with Crippen molar-refractivity contribution in [2.24, 2.45) is 0 Å². The standard InChI is InChI=1S/C17H19BrN2O4/c18-15-12-5-1-2-6-13(12)19-16(15)17(23)20(8-7-14(21)22)10-11-4-3-9-24-11/h1-2,5-6,11,19H,3-4,7-10H2,(H,21,22)/t11-/m0/s1. The number of nitrogens with zero attached hydrogens (tertiary/aromatic N) is 1. The van der Waals surface area contributed by atoms with Crippen LogP contribution in [0.5, 0.6) is 0 Å². The van der Waals surface area contributed by atoms with Crippen molar-refractivity contribution in [2.45, 2.75) is 25.4 Å². The molecule has 7 heteroatoms. The first-order chi connectivity index (χ1) is 11.6. The molecule has 2 N–H and O–H groups in total. The molecule has 6 nitrogen and oxygen atoms in total. The minimum absolute atomic E-state index is 0.0223. The molecule has 2 aromatic rings. The van der Waals surface area contributed by atoms with Crippen LogP contribution in [0.25, 0.3) is 10.9 Å². The van der Waals surface area contributed by atoms with Crippen molar-refractivity contribution in [2.75, 3.05) is 19.7 Å². The zero-order valence-electron chi connectivity index (χ0n) is 13.1. The van der Waals surface area contributed by atoms with Crippen LogP contribution >= 0.6 is 15.9 Å². The quantitative estimate of drug-likeness (QED) is 0.788. The number of benzene rings is 1. The highest BCUT2D eigenvalue weighted by Crippen LogP contribution is 2.29. The van der Waals surface area contributed by atoms with Gasteiger partial charge in [-0.15, -0.1) is 0 Å². The SMILES string of the molecule is O=C(O)CCN(C[C@@H]1CCCO1)C(=O)c1[nH]c2ccccc2c1Br. The van der Waals surface area contributed by atoms with Crippen LogP contribution in [-0.2, 0) is 9.53 Å². The molecule has 0 unspecified atom stereocenters. The number of nitrogens with one attached hydrogen (secondary N) is 1. The number of carbonyl (C=O) groups is 2. The van der Waals surface area contributed by atoms with E-state index in [9.17, 15) is 9.59 Å². The number of para-hydroxylation sites is 1. The van der Waals surface area contributed by atoms with Crippen molar-refractivity contribution >= 4 is 38.7 Å². The van der Waals surface area contributed by atoms with E-state index in [2.05, 4.69) is 20.9 Å². The van der Waals surface area contributed by atoms with E-state index in [0.717, 1.165) is 23.7 Å². The molecule has 1 aliphatic rings. The summed E-state index contributed by atoms with van der Waals surface area (Å²) in [6.07, 6.45) is 1.76. The average Bonchev–Trinajstić information content (AvgIpc) is 3.19. The van der Waals surface area contributed by atoms with Crippen molar-refractivity contribution < 1.29 is 19.4 Å². The molecule has 1 amide bonds. The summed E-state index contributed by atoms with van der Waals surface area (Å²) < 4.78 is 6.31. The van der Waals surface area contributed by atoms with Crippen LogP contribution < -0.4 is 0 Å². The Bertz CT molecular complexity index is 752. The second-order valence-corrected chi connectivity index (χ2v) is 6.68. The van der Waals surface area contributed by atoms with Crippen LogP contribution in [0.3, 0.4) is 0 Å². The van der Waals surface area contributed by atoms with Gasteiger partial charge in [0.1, 0.15) is 5.69 Å². The van der Waals surface area contributed by atoms with Crippen LogP contribution in [-0.4, -0.2) is 52.7 Å². The number of carboxylic acids is 1. The third-order valence-electron chi connectivity index (χ3n) is 4.19. The second kappa shape index (κ2) is 7.36. The lowest BCUT2D eigenvalue weighted by molar-refractivity contribution is -0.137. The summed E-state index contributed by atoms with van der Waals surface area (Å²) in [5.74, 6) is -1.13. The number of carbonyl (C=O) groups excluding carboxylic acids is 1. The molecule has 1 aromatic carbocycles. The van der Waals surface area contributed by atoms with E-state index in [1.807, 2.05) is 24.3 Å². The van der Waals surface area contributed by atoms with E-state index in [1.54, 1.807) is 4.90 Å². The number of aromatic amines is 1. The third kappa shape index (κ3) is 3.62. The lowest BCUT2D eigenvalue weighted by Gasteiger charge is -2.24. The Morgan fingerprint density at radius 2 is 2.17 bits per heavy atom. The summed E-state index contributed by atoms with van der Waals surface area (Å²) in [6, 6.07) is 7.63. The number of rotatable bonds is 6. The highest BCUT2D eigenvalue weighted by Gasteiger charge is 2.26. The Balaban J connectivity index is 1.84. The maximum atomic E-state index is 13.0. The summed E-state index contributed by atoms with van der Waals surface area (Å²) in [7, 11) is 0. The van der Waals surface area contributed by atoms with Gasteiger partial charge in [0.05, 0.1) is 17.0 Å². The number of ether oxygens (including phenoxy) is 1. The highest BCUT2D eigenvalue weighted by atomic mass is 79.9.